The number of rotatable bonds is 5. The van der Waals surface area contributed by atoms with Gasteiger partial charge in [-0.1, -0.05) is 146 Å². The van der Waals surface area contributed by atoms with Crippen molar-refractivity contribution in [1.29, 1.82) is 0 Å². The topological polar surface area (TPSA) is 43.0 Å². The van der Waals surface area contributed by atoms with Crippen molar-refractivity contribution in [3.8, 4) is 56.4 Å². The second-order valence-electron chi connectivity index (χ2n) is 9.95. The van der Waals surface area contributed by atoms with E-state index in [1.165, 1.54) is 0 Å². The molecule has 0 spiro atoms. The first-order valence-corrected chi connectivity index (χ1v) is 13.7. The fourth-order valence-corrected chi connectivity index (χ4v) is 5.35. The largest absolute Gasteiger partial charge is 0.238 e. The molecule has 0 N–H and O–H groups in total. The number of fused-ring (bicyclic) bond motifs is 1. The summed E-state index contributed by atoms with van der Waals surface area (Å²) in [5.41, 5.74) is 7.91. The maximum atomic E-state index is 7.31. The van der Waals surface area contributed by atoms with Crippen LogP contribution in [0.5, 0.6) is 0 Å². The van der Waals surface area contributed by atoms with Crippen molar-refractivity contribution in [3.63, 3.8) is 0 Å². The van der Waals surface area contributed by atoms with Crippen LogP contribution < -0.4 is 0 Å². The summed E-state index contributed by atoms with van der Waals surface area (Å²) in [6.45, 7) is 7.31. The first kappa shape index (κ1) is 25.1. The van der Waals surface area contributed by atoms with Crippen LogP contribution in [-0.4, -0.2) is 15.0 Å². The lowest BCUT2D eigenvalue weighted by atomic mass is 9.90. The molecule has 0 saturated carbocycles. The van der Waals surface area contributed by atoms with E-state index in [9.17, 15) is 0 Å². The Kier molecular flexibility index (Phi) is 6.52. The second-order valence-corrected chi connectivity index (χ2v) is 9.95. The maximum Gasteiger partial charge on any atom is 0.187 e. The Morgan fingerprint density at radius 2 is 0.833 bits per heavy atom. The Balaban J connectivity index is 1.42. The summed E-state index contributed by atoms with van der Waals surface area (Å²) >= 11 is 0. The normalized spacial score (nSPS) is 10.8. The highest BCUT2D eigenvalue weighted by molar-refractivity contribution is 6.05. The third-order valence-corrected chi connectivity index (χ3v) is 7.39. The molecule has 0 bridgehead atoms. The highest BCUT2D eigenvalue weighted by Crippen LogP contribution is 2.39. The van der Waals surface area contributed by atoms with Crippen molar-refractivity contribution in [2.75, 3.05) is 0 Å². The molecular weight excluding hydrogens is 512 g/mol. The number of benzene rings is 6. The van der Waals surface area contributed by atoms with Crippen LogP contribution >= 0.6 is 0 Å². The summed E-state index contributed by atoms with van der Waals surface area (Å²) in [5, 5.41) is 2.18. The van der Waals surface area contributed by atoms with Crippen LogP contribution in [0.4, 0.5) is 5.69 Å². The Hall–Kier alpha value is -5.92. The highest BCUT2D eigenvalue weighted by atomic mass is 15.0. The van der Waals surface area contributed by atoms with Gasteiger partial charge in [-0.3, -0.25) is 0 Å². The first-order valence-electron chi connectivity index (χ1n) is 13.7. The van der Waals surface area contributed by atoms with Crippen LogP contribution in [0.15, 0.2) is 146 Å². The van der Waals surface area contributed by atoms with Gasteiger partial charge in [0, 0.05) is 16.7 Å². The van der Waals surface area contributed by atoms with E-state index >= 15 is 0 Å². The Morgan fingerprint density at radius 1 is 0.357 bits per heavy atom. The molecule has 1 aromatic heterocycles. The SMILES string of the molecule is [C-]#[N+]c1ccc(-c2ccccc2-c2cccc3c(-c4nc(-c5ccccc5)nc(-c5ccccc5)n4)cccc23)cc1. The van der Waals surface area contributed by atoms with Crippen LogP contribution in [-0.2, 0) is 0 Å². The summed E-state index contributed by atoms with van der Waals surface area (Å²) in [5.74, 6) is 1.91. The zero-order valence-corrected chi connectivity index (χ0v) is 22.6. The van der Waals surface area contributed by atoms with Gasteiger partial charge in [0.05, 0.1) is 6.57 Å². The van der Waals surface area contributed by atoms with Gasteiger partial charge in [0.1, 0.15) is 0 Å². The van der Waals surface area contributed by atoms with E-state index in [1.807, 2.05) is 84.9 Å². The summed E-state index contributed by atoms with van der Waals surface area (Å²) in [4.78, 5) is 18.4. The monoisotopic (exact) mass is 536 g/mol. The van der Waals surface area contributed by atoms with Crippen molar-refractivity contribution in [1.82, 2.24) is 15.0 Å². The minimum absolute atomic E-state index is 0.633. The minimum atomic E-state index is 0.633. The van der Waals surface area contributed by atoms with E-state index < -0.39 is 0 Å². The van der Waals surface area contributed by atoms with Gasteiger partial charge in [-0.2, -0.15) is 0 Å². The average Bonchev–Trinajstić information content (AvgIpc) is 3.08. The summed E-state index contributed by atoms with van der Waals surface area (Å²) < 4.78 is 0. The molecule has 0 radical (unpaired) electrons. The molecule has 7 aromatic rings. The predicted octanol–water partition coefficient (Wildman–Crippen LogP) is 9.91. The molecule has 0 unspecified atom stereocenters. The van der Waals surface area contributed by atoms with E-state index in [0.29, 0.717) is 23.2 Å². The van der Waals surface area contributed by atoms with Gasteiger partial charge in [0.25, 0.3) is 0 Å². The number of hydrogen-bond donors (Lipinski definition) is 0. The molecule has 1 heterocycles. The molecular formula is C38H24N4. The zero-order chi connectivity index (χ0) is 28.3. The lowest BCUT2D eigenvalue weighted by Gasteiger charge is -2.15. The molecule has 42 heavy (non-hydrogen) atoms. The molecule has 0 aliphatic carbocycles. The molecule has 4 heteroatoms. The number of aromatic nitrogens is 3. The van der Waals surface area contributed by atoms with Crippen LogP contribution in [0.2, 0.25) is 0 Å². The molecule has 0 atom stereocenters. The third-order valence-electron chi connectivity index (χ3n) is 7.39. The quantitative estimate of drug-likeness (QED) is 0.206. The van der Waals surface area contributed by atoms with Crippen molar-refractivity contribution in [3.05, 3.63) is 157 Å². The number of hydrogen-bond acceptors (Lipinski definition) is 3. The van der Waals surface area contributed by atoms with Crippen LogP contribution in [0.25, 0.3) is 72.0 Å². The standard InChI is InChI=1S/C38H24N4/c1-39-29-24-22-26(23-25-29)30-16-8-9-17-31(30)32-18-10-20-34-33(32)19-11-21-35(34)38-41-36(27-12-4-2-5-13-27)40-37(42-38)28-14-6-3-7-15-28/h2-25H. The molecule has 0 aliphatic rings. The lowest BCUT2D eigenvalue weighted by molar-refractivity contribution is 1.08. The Bertz CT molecular complexity index is 2020. The molecule has 6 aromatic carbocycles. The predicted molar refractivity (Wildman–Crippen MR) is 171 cm³/mol. The average molecular weight is 537 g/mol. The first-order chi connectivity index (χ1) is 20.8. The van der Waals surface area contributed by atoms with Gasteiger partial charge < -0.3 is 0 Å². The third kappa shape index (κ3) is 4.70. The number of nitrogens with zero attached hydrogens (tertiary/aromatic N) is 4. The van der Waals surface area contributed by atoms with E-state index in [4.69, 9.17) is 21.5 Å². The smallest absolute Gasteiger partial charge is 0.187 e. The van der Waals surface area contributed by atoms with Crippen molar-refractivity contribution in [2.45, 2.75) is 0 Å². The van der Waals surface area contributed by atoms with E-state index in [-0.39, 0.29) is 0 Å². The van der Waals surface area contributed by atoms with Gasteiger partial charge in [0.15, 0.2) is 23.2 Å². The second kappa shape index (κ2) is 10.9. The van der Waals surface area contributed by atoms with E-state index in [2.05, 4.69) is 65.5 Å². The van der Waals surface area contributed by atoms with Gasteiger partial charge in [-0.25, -0.2) is 19.8 Å². The lowest BCUT2D eigenvalue weighted by Crippen LogP contribution is -2.00. The van der Waals surface area contributed by atoms with Crippen LogP contribution in [0.1, 0.15) is 0 Å². The fraction of sp³-hybridized carbons (Fsp3) is 0. The van der Waals surface area contributed by atoms with Crippen molar-refractivity contribution < 1.29 is 0 Å². The molecule has 0 aliphatic heterocycles. The van der Waals surface area contributed by atoms with Gasteiger partial charge in [-0.05, 0) is 33.0 Å². The van der Waals surface area contributed by atoms with Crippen molar-refractivity contribution >= 4 is 16.5 Å². The zero-order valence-electron chi connectivity index (χ0n) is 22.6. The van der Waals surface area contributed by atoms with E-state index in [0.717, 1.165) is 49.7 Å². The maximum absolute atomic E-state index is 7.31. The van der Waals surface area contributed by atoms with Gasteiger partial charge in [0.2, 0.25) is 0 Å². The Morgan fingerprint density at radius 3 is 1.43 bits per heavy atom. The molecule has 4 nitrogen and oxygen atoms in total. The van der Waals surface area contributed by atoms with Crippen molar-refractivity contribution in [2.24, 2.45) is 0 Å². The van der Waals surface area contributed by atoms with E-state index in [1.54, 1.807) is 0 Å². The Labute approximate surface area is 244 Å². The van der Waals surface area contributed by atoms with Crippen LogP contribution in [0.3, 0.4) is 0 Å². The van der Waals surface area contributed by atoms with Gasteiger partial charge in [-0.15, -0.1) is 0 Å². The molecule has 0 amide bonds. The summed E-state index contributed by atoms with van der Waals surface area (Å²) in [6.07, 6.45) is 0. The summed E-state index contributed by atoms with van der Waals surface area (Å²) in [6, 6.07) is 49.0. The molecule has 7 rings (SSSR count). The molecule has 196 valence electrons. The minimum Gasteiger partial charge on any atom is -0.238 e. The van der Waals surface area contributed by atoms with Crippen LogP contribution in [0, 0.1) is 6.57 Å². The fourth-order valence-electron chi connectivity index (χ4n) is 5.35. The van der Waals surface area contributed by atoms with Gasteiger partial charge >= 0.3 is 0 Å². The molecule has 0 saturated heterocycles. The summed E-state index contributed by atoms with van der Waals surface area (Å²) in [7, 11) is 0. The highest BCUT2D eigenvalue weighted by Gasteiger charge is 2.16. The molecule has 0 fully saturated rings.